The summed E-state index contributed by atoms with van der Waals surface area (Å²) < 4.78 is 8.21. The van der Waals surface area contributed by atoms with Gasteiger partial charge in [-0.15, -0.1) is 0 Å². The van der Waals surface area contributed by atoms with Gasteiger partial charge in [0.05, 0.1) is 16.4 Å². The fourth-order valence-electron chi connectivity index (χ4n) is 4.27. The summed E-state index contributed by atoms with van der Waals surface area (Å²) in [5, 5.41) is 12.4. The van der Waals surface area contributed by atoms with E-state index in [4.69, 9.17) is 21.0 Å². The molecule has 3 aromatic carbocycles. The minimum atomic E-state index is -0.250. The standard InChI is InChI=1S/C29H21BrClN5O2/c30-22-17-34-36-27(14-24(35-28(22)36)21-9-2-3-10-23(21)31)32-15-18-6-5-7-19(12-18)16-33-29(37)26-13-20-8-1-4-11-25(20)38-26/h1-14,17,32H,15-16H2,(H,33,37). The molecule has 0 spiro atoms. The van der Waals surface area contributed by atoms with Crippen LogP contribution in [0, 0.1) is 0 Å². The molecular formula is C29H21BrClN5O2. The first kappa shape index (κ1) is 24.2. The maximum atomic E-state index is 12.6. The molecule has 188 valence electrons. The van der Waals surface area contributed by atoms with Crippen LogP contribution in [0.3, 0.4) is 0 Å². The summed E-state index contributed by atoms with van der Waals surface area (Å²) in [5.74, 6) is 0.824. The number of aromatic nitrogens is 3. The summed E-state index contributed by atoms with van der Waals surface area (Å²) in [6, 6.07) is 26.9. The Labute approximate surface area is 231 Å². The number of benzene rings is 3. The van der Waals surface area contributed by atoms with E-state index in [1.807, 2.05) is 72.8 Å². The number of nitrogens with one attached hydrogen (secondary N) is 2. The van der Waals surface area contributed by atoms with Crippen LogP contribution in [0.1, 0.15) is 21.7 Å². The quantitative estimate of drug-likeness (QED) is 0.208. The van der Waals surface area contributed by atoms with Crippen molar-refractivity contribution in [2.24, 2.45) is 0 Å². The second-order valence-electron chi connectivity index (χ2n) is 8.74. The highest BCUT2D eigenvalue weighted by Gasteiger charge is 2.14. The molecule has 0 radical (unpaired) electrons. The van der Waals surface area contributed by atoms with E-state index in [-0.39, 0.29) is 5.91 Å². The molecule has 9 heteroatoms. The second kappa shape index (κ2) is 10.3. The summed E-state index contributed by atoms with van der Waals surface area (Å²) in [6.07, 6.45) is 1.72. The number of amides is 1. The van der Waals surface area contributed by atoms with Gasteiger partial charge in [0.25, 0.3) is 5.91 Å². The summed E-state index contributed by atoms with van der Waals surface area (Å²) in [4.78, 5) is 17.4. The third-order valence-electron chi connectivity index (χ3n) is 6.15. The number of halogens is 2. The van der Waals surface area contributed by atoms with Gasteiger partial charge in [0, 0.05) is 35.1 Å². The monoisotopic (exact) mass is 585 g/mol. The third-order valence-corrected chi connectivity index (χ3v) is 7.03. The Balaban J connectivity index is 1.18. The molecule has 6 aromatic rings. The summed E-state index contributed by atoms with van der Waals surface area (Å²) in [5.41, 5.74) is 5.00. The molecule has 38 heavy (non-hydrogen) atoms. The lowest BCUT2D eigenvalue weighted by molar-refractivity contribution is 0.0925. The van der Waals surface area contributed by atoms with Gasteiger partial charge >= 0.3 is 0 Å². The largest absolute Gasteiger partial charge is 0.451 e. The van der Waals surface area contributed by atoms with Crippen molar-refractivity contribution in [2.75, 3.05) is 5.32 Å². The van der Waals surface area contributed by atoms with Crippen molar-refractivity contribution < 1.29 is 9.21 Å². The van der Waals surface area contributed by atoms with Gasteiger partial charge in [-0.1, -0.05) is 72.3 Å². The molecular weight excluding hydrogens is 566 g/mol. The number of hydrogen-bond donors (Lipinski definition) is 2. The Hall–Kier alpha value is -4.14. The predicted molar refractivity (Wildman–Crippen MR) is 152 cm³/mol. The molecule has 0 aliphatic rings. The number of carbonyl (C=O) groups is 1. The highest BCUT2D eigenvalue weighted by Crippen LogP contribution is 2.30. The average molecular weight is 587 g/mol. The van der Waals surface area contributed by atoms with Crippen molar-refractivity contribution in [1.29, 1.82) is 0 Å². The Morgan fingerprint density at radius 1 is 0.947 bits per heavy atom. The lowest BCUT2D eigenvalue weighted by atomic mass is 10.1. The van der Waals surface area contributed by atoms with Gasteiger partial charge in [-0.2, -0.15) is 9.61 Å². The van der Waals surface area contributed by atoms with Crippen molar-refractivity contribution in [1.82, 2.24) is 19.9 Å². The topological polar surface area (TPSA) is 84.5 Å². The van der Waals surface area contributed by atoms with Gasteiger partial charge in [0.2, 0.25) is 0 Å². The fraction of sp³-hybridized carbons (Fsp3) is 0.0690. The number of fused-ring (bicyclic) bond motifs is 2. The Kier molecular flexibility index (Phi) is 6.57. The molecule has 0 atom stereocenters. The SMILES string of the molecule is O=C(NCc1cccc(CNc2cc(-c3ccccc3Cl)nc3c(Br)cnn23)c1)c1cc2ccccc2o1. The maximum absolute atomic E-state index is 12.6. The van der Waals surface area contributed by atoms with Crippen LogP contribution in [0.2, 0.25) is 5.02 Å². The van der Waals surface area contributed by atoms with E-state index in [1.54, 1.807) is 16.8 Å². The van der Waals surface area contributed by atoms with Crippen molar-refractivity contribution >= 4 is 55.9 Å². The van der Waals surface area contributed by atoms with Crippen LogP contribution in [-0.2, 0) is 13.1 Å². The smallest absolute Gasteiger partial charge is 0.287 e. The van der Waals surface area contributed by atoms with Crippen LogP contribution in [0.5, 0.6) is 0 Å². The Morgan fingerprint density at radius 3 is 2.58 bits per heavy atom. The lowest BCUT2D eigenvalue weighted by Crippen LogP contribution is -2.22. The maximum Gasteiger partial charge on any atom is 0.287 e. The molecule has 6 rings (SSSR count). The number of rotatable bonds is 7. The average Bonchev–Trinajstić information content (AvgIpc) is 3.55. The van der Waals surface area contributed by atoms with Crippen molar-refractivity contribution in [3.05, 3.63) is 118 Å². The number of carbonyl (C=O) groups excluding carboxylic acids is 1. The van der Waals surface area contributed by atoms with Crippen molar-refractivity contribution in [3.63, 3.8) is 0 Å². The van der Waals surface area contributed by atoms with E-state index in [1.165, 1.54) is 0 Å². The highest BCUT2D eigenvalue weighted by atomic mass is 79.9. The molecule has 1 amide bonds. The van der Waals surface area contributed by atoms with Gasteiger partial charge in [0.1, 0.15) is 11.4 Å². The molecule has 2 N–H and O–H groups in total. The molecule has 7 nitrogen and oxygen atoms in total. The van der Waals surface area contributed by atoms with E-state index in [9.17, 15) is 4.79 Å². The Morgan fingerprint density at radius 2 is 1.74 bits per heavy atom. The fourth-order valence-corrected chi connectivity index (χ4v) is 4.86. The minimum absolute atomic E-state index is 0.250. The zero-order valence-electron chi connectivity index (χ0n) is 20.0. The van der Waals surface area contributed by atoms with Crippen LogP contribution >= 0.6 is 27.5 Å². The number of hydrogen-bond acceptors (Lipinski definition) is 5. The normalized spacial score (nSPS) is 11.2. The third kappa shape index (κ3) is 4.88. The van der Waals surface area contributed by atoms with E-state index in [2.05, 4.69) is 37.7 Å². The number of furan rings is 1. The van der Waals surface area contributed by atoms with Crippen LogP contribution in [-0.4, -0.2) is 20.5 Å². The molecule has 0 unspecified atom stereocenters. The van der Waals surface area contributed by atoms with Gasteiger partial charge < -0.3 is 15.1 Å². The van der Waals surface area contributed by atoms with Gasteiger partial charge in [0.15, 0.2) is 11.4 Å². The zero-order valence-corrected chi connectivity index (χ0v) is 22.3. The van der Waals surface area contributed by atoms with E-state index in [0.29, 0.717) is 35.1 Å². The molecule has 0 aliphatic heterocycles. The zero-order chi connectivity index (χ0) is 26.1. The molecule has 0 bridgehead atoms. The van der Waals surface area contributed by atoms with Crippen LogP contribution in [0.4, 0.5) is 5.82 Å². The van der Waals surface area contributed by atoms with E-state index < -0.39 is 0 Å². The van der Waals surface area contributed by atoms with Crippen molar-refractivity contribution in [2.45, 2.75) is 13.1 Å². The summed E-state index contributed by atoms with van der Waals surface area (Å²) in [6.45, 7) is 0.926. The molecule has 0 saturated heterocycles. The number of anilines is 1. The number of nitrogens with zero attached hydrogens (tertiary/aromatic N) is 3. The Bertz CT molecular complexity index is 1760. The minimum Gasteiger partial charge on any atom is -0.451 e. The first-order valence-electron chi connectivity index (χ1n) is 11.9. The van der Waals surface area contributed by atoms with E-state index in [0.717, 1.165) is 38.1 Å². The molecule has 0 fully saturated rings. The van der Waals surface area contributed by atoms with E-state index >= 15 is 0 Å². The molecule has 3 heterocycles. The van der Waals surface area contributed by atoms with Crippen LogP contribution in [0.15, 0.2) is 100 Å². The first-order valence-corrected chi connectivity index (χ1v) is 13.1. The van der Waals surface area contributed by atoms with Gasteiger partial charge in [-0.05, 0) is 45.3 Å². The van der Waals surface area contributed by atoms with Crippen molar-refractivity contribution in [3.8, 4) is 11.3 Å². The summed E-state index contributed by atoms with van der Waals surface area (Å²) in [7, 11) is 0. The summed E-state index contributed by atoms with van der Waals surface area (Å²) >= 11 is 9.99. The lowest BCUT2D eigenvalue weighted by Gasteiger charge is -2.12. The molecule has 3 aromatic heterocycles. The molecule has 0 aliphatic carbocycles. The second-order valence-corrected chi connectivity index (χ2v) is 10.0. The predicted octanol–water partition coefficient (Wildman–Crippen LogP) is 7.10. The first-order chi connectivity index (χ1) is 18.5. The van der Waals surface area contributed by atoms with Gasteiger partial charge in [-0.25, -0.2) is 4.98 Å². The van der Waals surface area contributed by atoms with Crippen LogP contribution < -0.4 is 10.6 Å². The van der Waals surface area contributed by atoms with Gasteiger partial charge in [-0.3, -0.25) is 4.79 Å². The number of para-hydroxylation sites is 1. The highest BCUT2D eigenvalue weighted by molar-refractivity contribution is 9.10. The molecule has 0 saturated carbocycles. The van der Waals surface area contributed by atoms with Crippen LogP contribution in [0.25, 0.3) is 27.9 Å².